The molecule has 0 aromatic heterocycles. The second-order valence-electron chi connectivity index (χ2n) is 3.01. The fourth-order valence-corrected chi connectivity index (χ4v) is 0.930. The smallest absolute Gasteiger partial charge is 0.408 e. The van der Waals surface area contributed by atoms with E-state index in [0.717, 1.165) is 18.2 Å². The summed E-state index contributed by atoms with van der Waals surface area (Å²) < 4.78 is 4.31. The van der Waals surface area contributed by atoms with Crippen LogP contribution in [0.5, 0.6) is 17.2 Å². The molecule has 0 aliphatic carbocycles. The lowest BCUT2D eigenvalue weighted by molar-refractivity contribution is -0.208. The third-order valence-electron chi connectivity index (χ3n) is 1.78. The van der Waals surface area contributed by atoms with Crippen molar-refractivity contribution in [3.05, 3.63) is 18.2 Å². The number of ether oxygens (including phenoxy) is 1. The molecule has 17 heavy (non-hydrogen) atoms. The normalized spacial score (nSPS) is 10.9. The van der Waals surface area contributed by atoms with E-state index in [1.165, 1.54) is 0 Å². The number of carbonyl (C=O) groups is 2. The van der Waals surface area contributed by atoms with E-state index in [9.17, 15) is 19.8 Å². The van der Waals surface area contributed by atoms with Crippen LogP contribution in [0, 0.1) is 0 Å². The molecule has 8 heteroatoms. The van der Waals surface area contributed by atoms with Gasteiger partial charge in [0.25, 0.3) is 0 Å². The van der Waals surface area contributed by atoms with Gasteiger partial charge in [0.15, 0.2) is 11.5 Å². The molecular weight excluding hydrogens is 236 g/mol. The van der Waals surface area contributed by atoms with Crippen molar-refractivity contribution in [2.45, 2.75) is 5.79 Å². The van der Waals surface area contributed by atoms with Gasteiger partial charge in [0.2, 0.25) is 0 Å². The molecule has 1 aromatic rings. The lowest BCUT2D eigenvalue weighted by Gasteiger charge is -2.20. The topological polar surface area (TPSA) is 145 Å². The molecular formula is C9H8O8. The van der Waals surface area contributed by atoms with Crippen molar-refractivity contribution in [3.8, 4) is 17.2 Å². The van der Waals surface area contributed by atoms with E-state index < -0.39 is 29.2 Å². The lowest BCUT2D eigenvalue weighted by Crippen LogP contribution is -2.51. The molecule has 0 saturated heterocycles. The minimum absolute atomic E-state index is 0.343. The molecule has 0 atom stereocenters. The minimum atomic E-state index is -3.52. The fourth-order valence-electron chi connectivity index (χ4n) is 0.930. The molecule has 1 rings (SSSR count). The van der Waals surface area contributed by atoms with E-state index >= 15 is 0 Å². The van der Waals surface area contributed by atoms with Gasteiger partial charge in [0, 0.05) is 6.07 Å². The number of carboxylic acid groups (broad SMARTS) is 2. The number of aliphatic hydroxyl groups is 1. The number of aromatic hydroxyl groups is 2. The maximum atomic E-state index is 10.6. The maximum Gasteiger partial charge on any atom is 0.408 e. The Hall–Kier alpha value is -2.48. The summed E-state index contributed by atoms with van der Waals surface area (Å²) in [5, 5.41) is 44.4. The van der Waals surface area contributed by atoms with Crippen molar-refractivity contribution in [3.63, 3.8) is 0 Å². The van der Waals surface area contributed by atoms with Gasteiger partial charge in [0.1, 0.15) is 5.75 Å². The summed E-state index contributed by atoms with van der Waals surface area (Å²) in [5.74, 6) is -9.49. The van der Waals surface area contributed by atoms with E-state index in [4.69, 9.17) is 15.3 Å². The summed E-state index contributed by atoms with van der Waals surface area (Å²) in [4.78, 5) is 21.1. The Morgan fingerprint density at radius 3 is 2.06 bits per heavy atom. The Bertz CT molecular complexity index is 452. The molecule has 0 radical (unpaired) electrons. The first-order valence-corrected chi connectivity index (χ1v) is 4.17. The first-order chi connectivity index (χ1) is 7.77. The number of carboxylic acids is 2. The Balaban J connectivity index is 3.11. The van der Waals surface area contributed by atoms with Gasteiger partial charge < -0.3 is 30.3 Å². The number of benzene rings is 1. The molecule has 0 fully saturated rings. The van der Waals surface area contributed by atoms with Crippen LogP contribution in [0.4, 0.5) is 0 Å². The van der Waals surface area contributed by atoms with Gasteiger partial charge in [-0.15, -0.1) is 0 Å². The summed E-state index contributed by atoms with van der Waals surface area (Å²) in [6, 6.07) is 2.71. The summed E-state index contributed by atoms with van der Waals surface area (Å²) in [6.07, 6.45) is 0. The Labute approximate surface area is 93.9 Å². The SMILES string of the molecule is O=C(O)C(O)(Oc1ccc(O)cc1O)C(=O)O. The van der Waals surface area contributed by atoms with Crippen LogP contribution in [0.15, 0.2) is 18.2 Å². The quantitative estimate of drug-likeness (QED) is 0.346. The van der Waals surface area contributed by atoms with Crippen molar-refractivity contribution < 1.29 is 39.9 Å². The molecule has 0 unspecified atom stereocenters. The number of phenolic OH excluding ortho intramolecular Hbond substituents is 2. The van der Waals surface area contributed by atoms with Gasteiger partial charge in [-0.2, -0.15) is 0 Å². The van der Waals surface area contributed by atoms with E-state index in [1.807, 2.05) is 0 Å². The second kappa shape index (κ2) is 4.18. The van der Waals surface area contributed by atoms with Crippen LogP contribution in [-0.2, 0) is 9.59 Å². The van der Waals surface area contributed by atoms with E-state index in [0.29, 0.717) is 0 Å². The van der Waals surface area contributed by atoms with Gasteiger partial charge in [-0.25, -0.2) is 9.59 Å². The Kier molecular flexibility index (Phi) is 3.09. The third-order valence-corrected chi connectivity index (χ3v) is 1.78. The predicted molar refractivity (Wildman–Crippen MR) is 50.6 cm³/mol. The molecule has 0 aliphatic rings. The third kappa shape index (κ3) is 2.37. The number of aliphatic carboxylic acids is 2. The van der Waals surface area contributed by atoms with Gasteiger partial charge in [-0.1, -0.05) is 0 Å². The molecule has 0 aliphatic heterocycles. The number of phenols is 2. The average Bonchev–Trinajstić information content (AvgIpc) is 2.21. The lowest BCUT2D eigenvalue weighted by atomic mass is 10.2. The molecule has 0 saturated carbocycles. The summed E-state index contributed by atoms with van der Waals surface area (Å²) in [7, 11) is 0. The molecule has 0 bridgehead atoms. The molecule has 0 spiro atoms. The zero-order valence-electron chi connectivity index (χ0n) is 8.19. The standard InChI is InChI=1S/C9H8O8/c10-4-1-2-6(5(11)3-4)17-9(16,7(12)13)8(14)15/h1-3,10-11,16H,(H,12,13)(H,14,15). The highest BCUT2D eigenvalue weighted by molar-refractivity contribution is 6.00. The van der Waals surface area contributed by atoms with Crippen LogP contribution in [-0.4, -0.2) is 43.3 Å². The monoisotopic (exact) mass is 244 g/mol. The van der Waals surface area contributed by atoms with Crippen LogP contribution < -0.4 is 4.74 Å². The van der Waals surface area contributed by atoms with Crippen LogP contribution in [0.3, 0.4) is 0 Å². The predicted octanol–water partition coefficient (Wildman–Crippen LogP) is -0.666. The van der Waals surface area contributed by atoms with Gasteiger partial charge in [-0.3, -0.25) is 0 Å². The fraction of sp³-hybridized carbons (Fsp3) is 0.111. The number of rotatable bonds is 4. The molecule has 92 valence electrons. The van der Waals surface area contributed by atoms with Crippen LogP contribution >= 0.6 is 0 Å². The van der Waals surface area contributed by atoms with E-state index in [1.54, 1.807) is 0 Å². The van der Waals surface area contributed by atoms with Crippen molar-refractivity contribution >= 4 is 11.9 Å². The highest BCUT2D eigenvalue weighted by atomic mass is 16.7. The largest absolute Gasteiger partial charge is 0.508 e. The second-order valence-corrected chi connectivity index (χ2v) is 3.01. The maximum absolute atomic E-state index is 10.6. The molecule has 1 aromatic carbocycles. The zero-order chi connectivity index (χ0) is 13.2. The Morgan fingerprint density at radius 1 is 1.12 bits per heavy atom. The number of hydrogen-bond acceptors (Lipinski definition) is 6. The van der Waals surface area contributed by atoms with Crippen LogP contribution in [0.2, 0.25) is 0 Å². The van der Waals surface area contributed by atoms with Gasteiger partial charge >= 0.3 is 17.7 Å². The number of hydrogen-bond donors (Lipinski definition) is 5. The van der Waals surface area contributed by atoms with Crippen molar-refractivity contribution in [1.29, 1.82) is 0 Å². The van der Waals surface area contributed by atoms with Crippen LogP contribution in [0.25, 0.3) is 0 Å². The zero-order valence-corrected chi connectivity index (χ0v) is 8.19. The molecule has 0 amide bonds. The molecule has 5 N–H and O–H groups in total. The molecule has 0 heterocycles. The van der Waals surface area contributed by atoms with Crippen molar-refractivity contribution in [2.24, 2.45) is 0 Å². The summed E-state index contributed by atoms with van der Waals surface area (Å²) in [6.45, 7) is 0. The minimum Gasteiger partial charge on any atom is -0.508 e. The van der Waals surface area contributed by atoms with Gasteiger partial charge in [-0.05, 0) is 12.1 Å². The summed E-state index contributed by atoms with van der Waals surface area (Å²) >= 11 is 0. The van der Waals surface area contributed by atoms with Crippen molar-refractivity contribution in [2.75, 3.05) is 0 Å². The molecule has 8 nitrogen and oxygen atoms in total. The van der Waals surface area contributed by atoms with E-state index in [-0.39, 0.29) is 5.75 Å². The van der Waals surface area contributed by atoms with Crippen molar-refractivity contribution in [1.82, 2.24) is 0 Å². The highest BCUT2D eigenvalue weighted by Gasteiger charge is 2.48. The Morgan fingerprint density at radius 2 is 1.65 bits per heavy atom. The first-order valence-electron chi connectivity index (χ1n) is 4.17. The average molecular weight is 244 g/mol. The summed E-state index contributed by atoms with van der Waals surface area (Å²) in [5.41, 5.74) is 0. The van der Waals surface area contributed by atoms with E-state index in [2.05, 4.69) is 4.74 Å². The van der Waals surface area contributed by atoms with Crippen LogP contribution in [0.1, 0.15) is 0 Å². The highest BCUT2D eigenvalue weighted by Crippen LogP contribution is 2.31. The van der Waals surface area contributed by atoms with Gasteiger partial charge in [0.05, 0.1) is 0 Å². The first kappa shape index (κ1) is 12.6.